The topological polar surface area (TPSA) is 72.3 Å². The molecule has 0 unspecified atom stereocenters. The first-order valence-corrected chi connectivity index (χ1v) is 10.3. The molecule has 0 bridgehead atoms. The smallest absolute Gasteiger partial charge is 0.241 e. The number of hydrogen-bond acceptors (Lipinski definition) is 5. The zero-order valence-corrected chi connectivity index (χ0v) is 17.4. The van der Waals surface area contributed by atoms with Crippen molar-refractivity contribution in [3.05, 3.63) is 66.7 Å². The van der Waals surface area contributed by atoms with Gasteiger partial charge in [0.15, 0.2) is 5.75 Å². The lowest BCUT2D eigenvalue weighted by molar-refractivity contribution is -0.120. The maximum atomic E-state index is 13.1. The summed E-state index contributed by atoms with van der Waals surface area (Å²) in [5.74, 6) is 1.22. The highest BCUT2D eigenvalue weighted by Gasteiger charge is 2.31. The summed E-state index contributed by atoms with van der Waals surface area (Å²) >= 11 is 0. The van der Waals surface area contributed by atoms with Crippen LogP contribution in [0.25, 0.3) is 0 Å². The van der Waals surface area contributed by atoms with Gasteiger partial charge in [-0.2, -0.15) is 5.10 Å². The zero-order chi connectivity index (χ0) is 20.9. The zero-order valence-electron chi connectivity index (χ0n) is 17.4. The maximum absolute atomic E-state index is 13.1. The van der Waals surface area contributed by atoms with Crippen LogP contribution < -0.4 is 10.1 Å². The van der Waals surface area contributed by atoms with E-state index in [0.29, 0.717) is 23.2 Å². The molecule has 1 fully saturated rings. The van der Waals surface area contributed by atoms with E-state index in [-0.39, 0.29) is 11.9 Å². The molecular formula is C23H27N5O2. The predicted octanol–water partition coefficient (Wildman–Crippen LogP) is 4.25. The van der Waals surface area contributed by atoms with E-state index in [0.717, 1.165) is 31.5 Å². The van der Waals surface area contributed by atoms with E-state index in [1.165, 1.54) is 0 Å². The quantitative estimate of drug-likeness (QED) is 0.636. The second-order valence-electron chi connectivity index (χ2n) is 7.83. The van der Waals surface area contributed by atoms with Gasteiger partial charge in [0.2, 0.25) is 5.91 Å². The Labute approximate surface area is 176 Å². The van der Waals surface area contributed by atoms with E-state index in [1.54, 1.807) is 12.4 Å². The van der Waals surface area contributed by atoms with Gasteiger partial charge < -0.3 is 10.1 Å². The molecule has 1 aromatic carbocycles. The van der Waals surface area contributed by atoms with Crippen molar-refractivity contribution in [3.8, 4) is 11.5 Å². The Morgan fingerprint density at radius 1 is 1.23 bits per heavy atom. The van der Waals surface area contributed by atoms with Crippen LogP contribution in [-0.2, 0) is 11.3 Å². The second-order valence-corrected chi connectivity index (χ2v) is 7.83. The van der Waals surface area contributed by atoms with Gasteiger partial charge in [-0.05, 0) is 57.5 Å². The number of ether oxygens (including phenoxy) is 1. The van der Waals surface area contributed by atoms with Crippen molar-refractivity contribution in [3.63, 3.8) is 0 Å². The predicted molar refractivity (Wildman–Crippen MR) is 115 cm³/mol. The number of amides is 1. The number of benzene rings is 1. The minimum atomic E-state index is -0.168. The van der Waals surface area contributed by atoms with Crippen molar-refractivity contribution >= 4 is 11.6 Å². The Bertz CT molecular complexity index is 986. The first-order valence-electron chi connectivity index (χ1n) is 10.3. The molecule has 7 nitrogen and oxygen atoms in total. The van der Waals surface area contributed by atoms with Gasteiger partial charge in [0, 0.05) is 30.5 Å². The van der Waals surface area contributed by atoms with Crippen molar-refractivity contribution in [2.75, 3.05) is 11.9 Å². The Hall–Kier alpha value is -3.19. The molecule has 0 spiro atoms. The number of pyridine rings is 1. The number of para-hydroxylation sites is 2. The molecule has 30 heavy (non-hydrogen) atoms. The minimum Gasteiger partial charge on any atom is -0.454 e. The van der Waals surface area contributed by atoms with Crippen LogP contribution in [0.2, 0.25) is 0 Å². The number of hydrogen-bond donors (Lipinski definition) is 1. The third-order valence-electron chi connectivity index (χ3n) is 5.24. The van der Waals surface area contributed by atoms with Crippen LogP contribution in [0.3, 0.4) is 0 Å². The standard InChI is InChI=1S/C23H27N5O2/c1-17(2)28-16-18(13-25-28)15-27-12-6-9-21(27)23(29)26-20-8-3-4-10-22(20)30-19-7-5-11-24-14-19/h3-5,7-8,10-11,13-14,16-17,21H,6,9,12,15H2,1-2H3,(H,26,29)/t21-/m0/s1. The molecular weight excluding hydrogens is 378 g/mol. The van der Waals surface area contributed by atoms with Crippen molar-refractivity contribution in [2.24, 2.45) is 0 Å². The van der Waals surface area contributed by atoms with Crippen molar-refractivity contribution in [1.82, 2.24) is 19.7 Å². The fourth-order valence-corrected chi connectivity index (χ4v) is 3.70. The number of rotatable bonds is 7. The number of carbonyl (C=O) groups excluding carboxylic acids is 1. The Morgan fingerprint density at radius 3 is 2.87 bits per heavy atom. The first-order chi connectivity index (χ1) is 14.6. The van der Waals surface area contributed by atoms with E-state index in [1.807, 2.05) is 47.3 Å². The van der Waals surface area contributed by atoms with E-state index >= 15 is 0 Å². The summed E-state index contributed by atoms with van der Waals surface area (Å²) < 4.78 is 7.87. The number of likely N-dealkylation sites (tertiary alicyclic amines) is 1. The fraction of sp³-hybridized carbons (Fsp3) is 0.348. The lowest BCUT2D eigenvalue weighted by Crippen LogP contribution is -2.39. The molecule has 0 aliphatic carbocycles. The van der Waals surface area contributed by atoms with E-state index < -0.39 is 0 Å². The van der Waals surface area contributed by atoms with Gasteiger partial charge in [-0.1, -0.05) is 12.1 Å². The third-order valence-corrected chi connectivity index (χ3v) is 5.24. The highest BCUT2D eigenvalue weighted by Crippen LogP contribution is 2.30. The number of carbonyl (C=O) groups is 1. The lowest BCUT2D eigenvalue weighted by atomic mass is 10.2. The summed E-state index contributed by atoms with van der Waals surface area (Å²) in [6, 6.07) is 11.3. The summed E-state index contributed by atoms with van der Waals surface area (Å²) in [5.41, 5.74) is 1.79. The summed E-state index contributed by atoms with van der Waals surface area (Å²) in [7, 11) is 0. The monoisotopic (exact) mass is 405 g/mol. The Kier molecular flexibility index (Phi) is 6.09. The van der Waals surface area contributed by atoms with Gasteiger partial charge in [-0.3, -0.25) is 19.4 Å². The summed E-state index contributed by atoms with van der Waals surface area (Å²) in [4.78, 5) is 19.4. The molecule has 4 rings (SSSR count). The molecule has 1 saturated heterocycles. The number of aromatic nitrogens is 3. The first kappa shape index (κ1) is 20.1. The summed E-state index contributed by atoms with van der Waals surface area (Å²) in [5, 5.41) is 7.48. The molecule has 1 aliphatic rings. The van der Waals surface area contributed by atoms with Crippen LogP contribution >= 0.6 is 0 Å². The van der Waals surface area contributed by atoms with Crippen LogP contribution in [0.5, 0.6) is 11.5 Å². The Morgan fingerprint density at radius 2 is 2.10 bits per heavy atom. The van der Waals surface area contributed by atoms with Gasteiger partial charge in [0.1, 0.15) is 5.75 Å². The maximum Gasteiger partial charge on any atom is 0.241 e. The SMILES string of the molecule is CC(C)n1cc(CN2CCC[C@H]2C(=O)Nc2ccccc2Oc2cccnc2)cn1. The van der Waals surface area contributed by atoms with Crippen LogP contribution in [0.4, 0.5) is 5.69 Å². The van der Waals surface area contributed by atoms with Crippen molar-refractivity contribution in [1.29, 1.82) is 0 Å². The molecule has 2 aromatic heterocycles. The molecule has 0 saturated carbocycles. The second kappa shape index (κ2) is 9.09. The van der Waals surface area contributed by atoms with Gasteiger partial charge in [0.05, 0.1) is 24.1 Å². The van der Waals surface area contributed by atoms with Gasteiger partial charge in [0.25, 0.3) is 0 Å². The van der Waals surface area contributed by atoms with Crippen LogP contribution in [0.1, 0.15) is 38.3 Å². The molecule has 1 atom stereocenters. The van der Waals surface area contributed by atoms with Crippen molar-refractivity contribution in [2.45, 2.75) is 45.3 Å². The van der Waals surface area contributed by atoms with Crippen LogP contribution in [0, 0.1) is 0 Å². The van der Waals surface area contributed by atoms with Crippen LogP contribution in [0.15, 0.2) is 61.2 Å². The number of nitrogens with zero attached hydrogens (tertiary/aromatic N) is 4. The number of anilines is 1. The number of nitrogens with one attached hydrogen (secondary N) is 1. The Balaban J connectivity index is 1.44. The largest absolute Gasteiger partial charge is 0.454 e. The molecule has 0 radical (unpaired) electrons. The molecule has 1 N–H and O–H groups in total. The summed E-state index contributed by atoms with van der Waals surface area (Å²) in [6.07, 6.45) is 9.15. The average molecular weight is 406 g/mol. The molecule has 7 heteroatoms. The van der Waals surface area contributed by atoms with E-state index in [2.05, 4.69) is 40.3 Å². The van der Waals surface area contributed by atoms with Gasteiger partial charge in [-0.15, -0.1) is 0 Å². The molecule has 156 valence electrons. The van der Waals surface area contributed by atoms with E-state index in [4.69, 9.17) is 4.74 Å². The molecule has 1 aliphatic heterocycles. The van der Waals surface area contributed by atoms with E-state index in [9.17, 15) is 4.79 Å². The third kappa shape index (κ3) is 4.68. The minimum absolute atomic E-state index is 0.00834. The fourth-order valence-electron chi connectivity index (χ4n) is 3.70. The molecule has 1 amide bonds. The molecule has 3 aromatic rings. The average Bonchev–Trinajstić information content (AvgIpc) is 3.40. The summed E-state index contributed by atoms with van der Waals surface area (Å²) in [6.45, 7) is 5.83. The lowest BCUT2D eigenvalue weighted by Gasteiger charge is -2.23. The van der Waals surface area contributed by atoms with Crippen molar-refractivity contribution < 1.29 is 9.53 Å². The normalized spacial score (nSPS) is 16.7. The van der Waals surface area contributed by atoms with Gasteiger partial charge >= 0.3 is 0 Å². The van der Waals surface area contributed by atoms with Crippen LogP contribution in [-0.4, -0.2) is 38.2 Å². The molecule has 3 heterocycles. The highest BCUT2D eigenvalue weighted by atomic mass is 16.5. The highest BCUT2D eigenvalue weighted by molar-refractivity contribution is 5.96. The van der Waals surface area contributed by atoms with Gasteiger partial charge in [-0.25, -0.2) is 0 Å².